The maximum Gasteiger partial charge on any atom is 0.146 e. The second-order valence-corrected chi connectivity index (χ2v) is 4.62. The largest absolute Gasteiger partial charge is 0.394 e. The summed E-state index contributed by atoms with van der Waals surface area (Å²) < 4.78 is 18.9. The lowest BCUT2D eigenvalue weighted by atomic mass is 10.2. The summed E-state index contributed by atoms with van der Waals surface area (Å²) in [5.74, 6) is -0.151. The van der Waals surface area contributed by atoms with E-state index < -0.39 is 0 Å². The van der Waals surface area contributed by atoms with Crippen LogP contribution in [-0.2, 0) is 4.74 Å². The van der Waals surface area contributed by atoms with Crippen molar-refractivity contribution >= 4 is 5.69 Å². The van der Waals surface area contributed by atoms with E-state index in [9.17, 15) is 4.39 Å². The molecule has 4 nitrogen and oxygen atoms in total. The quantitative estimate of drug-likeness (QED) is 0.780. The summed E-state index contributed by atoms with van der Waals surface area (Å²) in [7, 11) is 0. The molecule has 0 amide bonds. The van der Waals surface area contributed by atoms with Crippen molar-refractivity contribution in [3.05, 3.63) is 30.1 Å². The maximum atomic E-state index is 13.7. The third-order valence-electron chi connectivity index (χ3n) is 3.35. The van der Waals surface area contributed by atoms with Gasteiger partial charge in [0.1, 0.15) is 5.82 Å². The highest BCUT2D eigenvalue weighted by atomic mass is 19.1. The number of anilines is 1. The lowest BCUT2D eigenvalue weighted by Crippen LogP contribution is -2.47. The average molecular weight is 268 g/mol. The van der Waals surface area contributed by atoms with Gasteiger partial charge in [0.2, 0.25) is 0 Å². The number of benzene rings is 1. The predicted octanol–water partition coefficient (Wildman–Crippen LogP) is 0.957. The molecule has 0 aromatic heterocycles. The minimum atomic E-state index is -0.151. The maximum absolute atomic E-state index is 13.7. The molecule has 0 spiro atoms. The van der Waals surface area contributed by atoms with Gasteiger partial charge in [-0.25, -0.2) is 4.39 Å². The van der Waals surface area contributed by atoms with E-state index in [1.54, 1.807) is 6.07 Å². The molecule has 19 heavy (non-hydrogen) atoms. The van der Waals surface area contributed by atoms with E-state index in [4.69, 9.17) is 9.84 Å². The van der Waals surface area contributed by atoms with Crippen LogP contribution < -0.4 is 4.90 Å². The van der Waals surface area contributed by atoms with Crippen LogP contribution >= 0.6 is 0 Å². The molecule has 1 fully saturated rings. The Balaban J connectivity index is 1.75. The van der Waals surface area contributed by atoms with E-state index in [2.05, 4.69) is 9.80 Å². The summed E-state index contributed by atoms with van der Waals surface area (Å²) in [6, 6.07) is 6.92. The average Bonchev–Trinajstić information content (AvgIpc) is 2.45. The summed E-state index contributed by atoms with van der Waals surface area (Å²) in [5.41, 5.74) is 0.693. The van der Waals surface area contributed by atoms with Gasteiger partial charge in [-0.2, -0.15) is 0 Å². The molecule has 0 unspecified atom stereocenters. The highest BCUT2D eigenvalue weighted by molar-refractivity contribution is 5.47. The highest BCUT2D eigenvalue weighted by Gasteiger charge is 2.18. The first-order chi connectivity index (χ1) is 9.31. The molecule has 1 aromatic carbocycles. The van der Waals surface area contributed by atoms with Crippen molar-refractivity contribution in [1.82, 2.24) is 4.90 Å². The molecular formula is C14H21FN2O2. The molecule has 5 heteroatoms. The highest BCUT2D eigenvalue weighted by Crippen LogP contribution is 2.19. The van der Waals surface area contributed by atoms with E-state index in [0.29, 0.717) is 18.9 Å². The predicted molar refractivity (Wildman–Crippen MR) is 73.0 cm³/mol. The van der Waals surface area contributed by atoms with E-state index in [-0.39, 0.29) is 12.4 Å². The van der Waals surface area contributed by atoms with Gasteiger partial charge in [-0.15, -0.1) is 0 Å². The summed E-state index contributed by atoms with van der Waals surface area (Å²) in [6.45, 7) is 5.47. The van der Waals surface area contributed by atoms with Crippen LogP contribution in [0.1, 0.15) is 0 Å². The third kappa shape index (κ3) is 4.16. The molecule has 106 valence electrons. The van der Waals surface area contributed by atoms with E-state index in [0.717, 1.165) is 32.7 Å². The van der Waals surface area contributed by atoms with Crippen molar-refractivity contribution in [2.24, 2.45) is 0 Å². The van der Waals surface area contributed by atoms with Crippen molar-refractivity contribution < 1.29 is 14.2 Å². The Bertz CT molecular complexity index is 381. The first kappa shape index (κ1) is 14.2. The van der Waals surface area contributed by atoms with Crippen LogP contribution in [0.2, 0.25) is 0 Å². The van der Waals surface area contributed by atoms with Crippen LogP contribution in [0.5, 0.6) is 0 Å². The van der Waals surface area contributed by atoms with E-state index in [1.165, 1.54) is 6.07 Å². The fourth-order valence-electron chi connectivity index (χ4n) is 2.28. The second-order valence-electron chi connectivity index (χ2n) is 4.62. The topological polar surface area (TPSA) is 35.9 Å². The first-order valence-electron chi connectivity index (χ1n) is 6.71. The molecule has 1 aliphatic heterocycles. The standard InChI is InChI=1S/C14H21FN2O2/c15-13-3-1-2-4-14(13)17-7-5-16(6-8-17)9-11-19-12-10-18/h1-4,18H,5-12H2. The number of halogens is 1. The van der Waals surface area contributed by atoms with Crippen LogP contribution in [0.25, 0.3) is 0 Å². The molecule has 1 N–H and O–H groups in total. The summed E-state index contributed by atoms with van der Waals surface area (Å²) >= 11 is 0. The fraction of sp³-hybridized carbons (Fsp3) is 0.571. The molecule has 1 heterocycles. The van der Waals surface area contributed by atoms with Crippen LogP contribution in [0.4, 0.5) is 10.1 Å². The van der Waals surface area contributed by atoms with Crippen LogP contribution in [0, 0.1) is 5.82 Å². The van der Waals surface area contributed by atoms with Gasteiger partial charge in [0.05, 0.1) is 25.5 Å². The normalized spacial score (nSPS) is 16.8. The number of hydrogen-bond donors (Lipinski definition) is 1. The Morgan fingerprint density at radius 2 is 1.84 bits per heavy atom. The zero-order valence-electron chi connectivity index (χ0n) is 11.1. The van der Waals surface area contributed by atoms with Gasteiger partial charge in [-0.3, -0.25) is 4.90 Å². The molecule has 0 bridgehead atoms. The molecular weight excluding hydrogens is 247 g/mol. The Hall–Kier alpha value is -1.17. The molecule has 0 saturated carbocycles. The zero-order valence-corrected chi connectivity index (χ0v) is 11.1. The third-order valence-corrected chi connectivity index (χ3v) is 3.35. The van der Waals surface area contributed by atoms with Gasteiger partial charge in [0.15, 0.2) is 0 Å². The van der Waals surface area contributed by atoms with E-state index in [1.807, 2.05) is 12.1 Å². The van der Waals surface area contributed by atoms with Crippen molar-refractivity contribution in [3.63, 3.8) is 0 Å². The minimum Gasteiger partial charge on any atom is -0.394 e. The lowest BCUT2D eigenvalue weighted by Gasteiger charge is -2.36. The first-order valence-corrected chi connectivity index (χ1v) is 6.71. The summed E-state index contributed by atoms with van der Waals surface area (Å²) in [6.07, 6.45) is 0. The van der Waals surface area contributed by atoms with Crippen molar-refractivity contribution in [2.45, 2.75) is 0 Å². The van der Waals surface area contributed by atoms with Gasteiger partial charge in [0.25, 0.3) is 0 Å². The zero-order chi connectivity index (χ0) is 13.5. The molecule has 0 aliphatic carbocycles. The monoisotopic (exact) mass is 268 g/mol. The number of rotatable bonds is 6. The Morgan fingerprint density at radius 3 is 2.53 bits per heavy atom. The number of aliphatic hydroxyl groups is 1. The number of aliphatic hydroxyl groups excluding tert-OH is 1. The molecule has 1 aromatic rings. The van der Waals surface area contributed by atoms with Gasteiger partial charge in [0, 0.05) is 32.7 Å². The van der Waals surface area contributed by atoms with Gasteiger partial charge < -0.3 is 14.7 Å². The number of ether oxygens (including phenoxy) is 1. The van der Waals surface area contributed by atoms with Crippen LogP contribution in [-0.4, -0.2) is 62.6 Å². The SMILES string of the molecule is OCCOCCN1CCN(c2ccccc2F)CC1. The van der Waals surface area contributed by atoms with Crippen molar-refractivity contribution in [2.75, 3.05) is 57.4 Å². The second kappa shape index (κ2) is 7.43. The Kier molecular flexibility index (Phi) is 5.57. The number of para-hydroxylation sites is 1. The lowest BCUT2D eigenvalue weighted by molar-refractivity contribution is 0.0724. The molecule has 2 rings (SSSR count). The minimum absolute atomic E-state index is 0.0705. The van der Waals surface area contributed by atoms with Gasteiger partial charge in [-0.05, 0) is 12.1 Å². The molecule has 1 saturated heterocycles. The van der Waals surface area contributed by atoms with Crippen molar-refractivity contribution in [1.29, 1.82) is 0 Å². The van der Waals surface area contributed by atoms with Crippen LogP contribution in [0.3, 0.4) is 0 Å². The molecule has 0 radical (unpaired) electrons. The Morgan fingerprint density at radius 1 is 1.11 bits per heavy atom. The van der Waals surface area contributed by atoms with E-state index >= 15 is 0 Å². The van der Waals surface area contributed by atoms with Gasteiger partial charge in [-0.1, -0.05) is 12.1 Å². The van der Waals surface area contributed by atoms with Crippen molar-refractivity contribution in [3.8, 4) is 0 Å². The molecule has 0 atom stereocenters. The number of nitrogens with zero attached hydrogens (tertiary/aromatic N) is 2. The Labute approximate surface area is 113 Å². The smallest absolute Gasteiger partial charge is 0.146 e. The number of piperazine rings is 1. The number of hydrogen-bond acceptors (Lipinski definition) is 4. The van der Waals surface area contributed by atoms with Gasteiger partial charge >= 0.3 is 0 Å². The van der Waals surface area contributed by atoms with Crippen LogP contribution in [0.15, 0.2) is 24.3 Å². The molecule has 1 aliphatic rings. The fourth-order valence-corrected chi connectivity index (χ4v) is 2.28. The summed E-state index contributed by atoms with van der Waals surface area (Å²) in [4.78, 5) is 4.38. The summed E-state index contributed by atoms with van der Waals surface area (Å²) in [5, 5.41) is 8.61.